The lowest BCUT2D eigenvalue weighted by Crippen LogP contribution is -2.50. The summed E-state index contributed by atoms with van der Waals surface area (Å²) in [5, 5.41) is 13.9. The van der Waals surface area contributed by atoms with Crippen LogP contribution in [0.5, 0.6) is 0 Å². The van der Waals surface area contributed by atoms with Crippen LogP contribution in [0.3, 0.4) is 0 Å². The highest BCUT2D eigenvalue weighted by atomic mass is 19.4. The fourth-order valence-electron chi connectivity index (χ4n) is 2.94. The van der Waals surface area contributed by atoms with Crippen molar-refractivity contribution in [1.29, 1.82) is 0 Å². The second kappa shape index (κ2) is 5.55. The molecule has 0 amide bonds. The Bertz CT molecular complexity index is 683. The molecule has 1 aliphatic rings. The monoisotopic (exact) mass is 326 g/mol. The third-order valence-electron chi connectivity index (χ3n) is 3.93. The number of aryl methyl sites for hydroxylation is 2. The van der Waals surface area contributed by atoms with Crippen LogP contribution in [0.1, 0.15) is 35.6 Å². The van der Waals surface area contributed by atoms with Crippen LogP contribution in [0.4, 0.5) is 13.2 Å². The van der Waals surface area contributed by atoms with Crippen LogP contribution in [0.15, 0.2) is 12.1 Å². The summed E-state index contributed by atoms with van der Waals surface area (Å²) in [5.41, 5.74) is 0.356. The van der Waals surface area contributed by atoms with Gasteiger partial charge in [0.25, 0.3) is 0 Å². The van der Waals surface area contributed by atoms with E-state index in [4.69, 9.17) is 0 Å². The molecule has 23 heavy (non-hydrogen) atoms. The Morgan fingerprint density at radius 3 is 2.70 bits per heavy atom. The van der Waals surface area contributed by atoms with Gasteiger partial charge in [-0.15, -0.1) is 10.2 Å². The Hall–Kier alpha value is -2.03. The van der Waals surface area contributed by atoms with Gasteiger partial charge in [-0.05, 0) is 56.1 Å². The molecule has 3 rings (SSSR count). The zero-order valence-electron chi connectivity index (χ0n) is 12.9. The Kier molecular flexibility index (Phi) is 3.83. The maximum absolute atomic E-state index is 13.5. The second-order valence-electron chi connectivity index (χ2n) is 5.85. The standard InChI is InChI=1S/C14H17F3N6/c1-9-6-10(2)19-11(7-9)8-23-21-12(20-22-23)13(14(15,16)17)4-3-5-18-13/h6-7,18H,3-5,8H2,1-2H3. The van der Waals surface area contributed by atoms with Gasteiger partial charge in [0.15, 0.2) is 5.54 Å². The zero-order valence-corrected chi connectivity index (χ0v) is 12.9. The van der Waals surface area contributed by atoms with Gasteiger partial charge in [-0.1, -0.05) is 0 Å². The molecule has 0 saturated carbocycles. The van der Waals surface area contributed by atoms with Crippen molar-refractivity contribution in [2.24, 2.45) is 0 Å². The van der Waals surface area contributed by atoms with Crippen LogP contribution in [0.2, 0.25) is 0 Å². The molecular formula is C14H17F3N6. The third-order valence-corrected chi connectivity index (χ3v) is 3.93. The van der Waals surface area contributed by atoms with Crippen molar-refractivity contribution in [2.75, 3.05) is 6.54 Å². The fourth-order valence-corrected chi connectivity index (χ4v) is 2.94. The highest BCUT2D eigenvalue weighted by molar-refractivity contribution is 5.19. The molecule has 1 atom stereocenters. The molecule has 1 fully saturated rings. The zero-order chi connectivity index (χ0) is 16.7. The van der Waals surface area contributed by atoms with E-state index in [2.05, 4.69) is 25.7 Å². The molecule has 1 unspecified atom stereocenters. The van der Waals surface area contributed by atoms with E-state index in [-0.39, 0.29) is 25.3 Å². The summed E-state index contributed by atoms with van der Waals surface area (Å²) in [6.45, 7) is 4.26. The molecule has 9 heteroatoms. The smallest absolute Gasteiger partial charge is 0.297 e. The van der Waals surface area contributed by atoms with Crippen LogP contribution in [0.25, 0.3) is 0 Å². The van der Waals surface area contributed by atoms with Crippen LogP contribution < -0.4 is 5.32 Å². The highest BCUT2D eigenvalue weighted by Crippen LogP contribution is 2.43. The molecule has 124 valence electrons. The minimum Gasteiger partial charge on any atom is -0.297 e. The number of nitrogens with zero attached hydrogens (tertiary/aromatic N) is 5. The Balaban J connectivity index is 1.88. The summed E-state index contributed by atoms with van der Waals surface area (Å²) in [6, 6.07) is 3.77. The summed E-state index contributed by atoms with van der Waals surface area (Å²) >= 11 is 0. The van der Waals surface area contributed by atoms with Gasteiger partial charge >= 0.3 is 6.18 Å². The van der Waals surface area contributed by atoms with E-state index in [1.54, 1.807) is 0 Å². The number of halogens is 3. The van der Waals surface area contributed by atoms with E-state index in [1.807, 2.05) is 26.0 Å². The largest absolute Gasteiger partial charge is 0.414 e. The maximum atomic E-state index is 13.5. The van der Waals surface area contributed by atoms with Crippen molar-refractivity contribution >= 4 is 0 Å². The van der Waals surface area contributed by atoms with Crippen LogP contribution in [0, 0.1) is 13.8 Å². The molecule has 3 heterocycles. The van der Waals surface area contributed by atoms with E-state index in [9.17, 15) is 13.2 Å². The van der Waals surface area contributed by atoms with Gasteiger partial charge in [-0.3, -0.25) is 10.3 Å². The quantitative estimate of drug-likeness (QED) is 0.933. The van der Waals surface area contributed by atoms with Crippen molar-refractivity contribution in [2.45, 2.75) is 44.9 Å². The molecule has 1 saturated heterocycles. The minimum absolute atomic E-state index is 0.0794. The third kappa shape index (κ3) is 2.92. The average Bonchev–Trinajstić information content (AvgIpc) is 3.04. The van der Waals surface area contributed by atoms with E-state index >= 15 is 0 Å². The van der Waals surface area contributed by atoms with Crippen LogP contribution in [-0.4, -0.2) is 37.9 Å². The van der Waals surface area contributed by atoms with Gasteiger partial charge in [-0.2, -0.15) is 18.0 Å². The predicted molar refractivity (Wildman–Crippen MR) is 75.6 cm³/mol. The Labute approximate surface area is 131 Å². The summed E-state index contributed by atoms with van der Waals surface area (Å²) in [7, 11) is 0. The number of nitrogens with one attached hydrogen (secondary N) is 1. The number of hydrogen-bond donors (Lipinski definition) is 1. The van der Waals surface area contributed by atoms with Gasteiger partial charge in [0.05, 0.1) is 5.69 Å². The summed E-state index contributed by atoms with van der Waals surface area (Å²) < 4.78 is 40.4. The number of hydrogen-bond acceptors (Lipinski definition) is 5. The molecule has 2 aromatic heterocycles. The number of aromatic nitrogens is 5. The van der Waals surface area contributed by atoms with E-state index in [1.165, 1.54) is 0 Å². The molecule has 0 bridgehead atoms. The van der Waals surface area contributed by atoms with Crippen molar-refractivity contribution in [3.05, 3.63) is 34.9 Å². The fraction of sp³-hybridized carbons (Fsp3) is 0.571. The van der Waals surface area contributed by atoms with Crippen molar-refractivity contribution in [3.63, 3.8) is 0 Å². The first-order valence-electron chi connectivity index (χ1n) is 7.34. The van der Waals surface area contributed by atoms with Gasteiger partial charge in [0.1, 0.15) is 6.54 Å². The molecule has 0 aliphatic carbocycles. The first-order chi connectivity index (χ1) is 10.8. The van der Waals surface area contributed by atoms with Crippen LogP contribution in [-0.2, 0) is 12.1 Å². The van der Waals surface area contributed by atoms with Crippen molar-refractivity contribution in [1.82, 2.24) is 30.5 Å². The topological polar surface area (TPSA) is 68.5 Å². The molecule has 2 aromatic rings. The molecule has 6 nitrogen and oxygen atoms in total. The van der Waals surface area contributed by atoms with Gasteiger partial charge < -0.3 is 0 Å². The molecule has 0 radical (unpaired) electrons. The molecular weight excluding hydrogens is 309 g/mol. The number of alkyl halides is 3. The lowest BCUT2D eigenvalue weighted by molar-refractivity contribution is -0.198. The first-order valence-corrected chi connectivity index (χ1v) is 7.34. The normalized spacial score (nSPS) is 21.8. The predicted octanol–water partition coefficient (Wildman–Crippen LogP) is 1.87. The number of pyridine rings is 1. The lowest BCUT2D eigenvalue weighted by atomic mass is 9.96. The lowest BCUT2D eigenvalue weighted by Gasteiger charge is -2.28. The van der Waals surface area contributed by atoms with Crippen molar-refractivity contribution in [3.8, 4) is 0 Å². The summed E-state index contributed by atoms with van der Waals surface area (Å²) in [6.07, 6.45) is -4.12. The molecule has 0 spiro atoms. The Morgan fingerprint density at radius 2 is 2.09 bits per heavy atom. The second-order valence-corrected chi connectivity index (χ2v) is 5.85. The number of tetrazole rings is 1. The average molecular weight is 326 g/mol. The van der Waals surface area contributed by atoms with Gasteiger partial charge in [0, 0.05) is 5.69 Å². The Morgan fingerprint density at radius 1 is 1.30 bits per heavy atom. The van der Waals surface area contributed by atoms with Gasteiger partial charge in [0.2, 0.25) is 5.82 Å². The summed E-state index contributed by atoms with van der Waals surface area (Å²) in [5.74, 6) is -0.327. The molecule has 0 aromatic carbocycles. The van der Waals surface area contributed by atoms with Crippen molar-refractivity contribution < 1.29 is 13.2 Å². The SMILES string of the molecule is Cc1cc(C)nc(Cn2nnc(C3(C(F)(F)F)CCCN3)n2)c1. The van der Waals surface area contributed by atoms with Crippen LogP contribution >= 0.6 is 0 Å². The summed E-state index contributed by atoms with van der Waals surface area (Å²) in [4.78, 5) is 5.49. The first kappa shape index (κ1) is 15.9. The maximum Gasteiger partial charge on any atom is 0.414 e. The van der Waals surface area contributed by atoms with Gasteiger partial charge in [-0.25, -0.2) is 0 Å². The molecule has 1 N–H and O–H groups in total. The highest BCUT2D eigenvalue weighted by Gasteiger charge is 2.60. The minimum atomic E-state index is -4.46. The van der Waals surface area contributed by atoms with E-state index in [0.29, 0.717) is 12.1 Å². The van der Waals surface area contributed by atoms with E-state index < -0.39 is 11.7 Å². The number of rotatable bonds is 3. The molecule has 1 aliphatic heterocycles. The van der Waals surface area contributed by atoms with E-state index in [0.717, 1.165) is 16.1 Å².